The van der Waals surface area contributed by atoms with Crippen LogP contribution in [0, 0.1) is 5.92 Å². The van der Waals surface area contributed by atoms with Gasteiger partial charge in [-0.3, -0.25) is 9.78 Å². The molecule has 0 fully saturated rings. The van der Waals surface area contributed by atoms with Crippen LogP contribution in [0.2, 0.25) is 0 Å². The van der Waals surface area contributed by atoms with Crippen LogP contribution in [0.3, 0.4) is 0 Å². The Hall–Kier alpha value is -1.45. The Labute approximate surface area is 103 Å². The number of carbonyl (C=O) groups is 1. The molecule has 0 saturated carbocycles. The van der Waals surface area contributed by atoms with E-state index in [4.69, 9.17) is 0 Å². The van der Waals surface area contributed by atoms with Crippen LogP contribution in [0.25, 0.3) is 0 Å². The zero-order chi connectivity index (χ0) is 12.7. The van der Waals surface area contributed by atoms with Gasteiger partial charge in [0.2, 0.25) is 0 Å². The number of amides is 1. The van der Waals surface area contributed by atoms with Gasteiger partial charge >= 0.3 is 0 Å². The lowest BCUT2D eigenvalue weighted by Crippen LogP contribution is -2.33. The lowest BCUT2D eigenvalue weighted by atomic mass is 10.0. The highest BCUT2D eigenvalue weighted by Crippen LogP contribution is 2.08. The van der Waals surface area contributed by atoms with Crippen LogP contribution >= 0.6 is 0 Å². The van der Waals surface area contributed by atoms with E-state index in [-0.39, 0.29) is 11.9 Å². The average Bonchev–Trinajstić information content (AvgIpc) is 2.29. The van der Waals surface area contributed by atoms with E-state index >= 15 is 0 Å². The van der Waals surface area contributed by atoms with Crippen molar-refractivity contribution in [3.8, 4) is 0 Å². The van der Waals surface area contributed by atoms with E-state index in [0.717, 1.165) is 18.8 Å². The Morgan fingerprint density at radius 2 is 2.06 bits per heavy atom. The second-order valence-corrected chi connectivity index (χ2v) is 4.79. The predicted molar refractivity (Wildman–Crippen MR) is 67.6 cm³/mol. The summed E-state index contributed by atoms with van der Waals surface area (Å²) in [6.07, 6.45) is 7.91. The number of hydrogen-bond donors (Lipinski definition) is 1. The highest BCUT2D eigenvalue weighted by molar-refractivity contribution is 5.92. The molecule has 17 heavy (non-hydrogen) atoms. The second-order valence-electron chi connectivity index (χ2n) is 4.79. The normalized spacial score (nSPS) is 12.5. The van der Waals surface area contributed by atoms with Crippen molar-refractivity contribution in [1.82, 2.24) is 15.3 Å². The molecule has 1 atom stereocenters. The summed E-state index contributed by atoms with van der Waals surface area (Å²) in [5, 5.41) is 2.93. The number of nitrogens with one attached hydrogen (secondary N) is 1. The quantitative estimate of drug-likeness (QED) is 0.823. The molecule has 1 rings (SSSR count). The van der Waals surface area contributed by atoms with Crippen LogP contribution in [0.4, 0.5) is 0 Å². The average molecular weight is 235 g/mol. The van der Waals surface area contributed by atoms with Crippen LogP contribution in [-0.2, 0) is 0 Å². The standard InChI is InChI=1S/C13H21N3O/c1-10(2)5-4-6-11(3)16-13(17)12-9-14-7-8-15-12/h7-11H,4-6H2,1-3H3,(H,16,17). The van der Waals surface area contributed by atoms with Gasteiger partial charge in [0.25, 0.3) is 5.91 Å². The lowest BCUT2D eigenvalue weighted by Gasteiger charge is -2.13. The van der Waals surface area contributed by atoms with Crippen LogP contribution < -0.4 is 5.32 Å². The first-order valence-corrected chi connectivity index (χ1v) is 6.16. The van der Waals surface area contributed by atoms with Crippen molar-refractivity contribution in [2.45, 2.75) is 46.1 Å². The minimum atomic E-state index is -0.143. The van der Waals surface area contributed by atoms with Crippen molar-refractivity contribution in [2.75, 3.05) is 0 Å². The molecule has 0 spiro atoms. The highest BCUT2D eigenvalue weighted by Gasteiger charge is 2.10. The molecule has 0 aliphatic carbocycles. The van der Waals surface area contributed by atoms with Crippen molar-refractivity contribution in [3.05, 3.63) is 24.3 Å². The van der Waals surface area contributed by atoms with Crippen molar-refractivity contribution in [3.63, 3.8) is 0 Å². The number of nitrogens with zero attached hydrogens (tertiary/aromatic N) is 2. The Kier molecular flexibility index (Phi) is 5.60. The summed E-state index contributed by atoms with van der Waals surface area (Å²) >= 11 is 0. The maximum atomic E-state index is 11.7. The Morgan fingerprint density at radius 3 is 2.65 bits per heavy atom. The second kappa shape index (κ2) is 6.99. The molecule has 0 radical (unpaired) electrons. The zero-order valence-corrected chi connectivity index (χ0v) is 10.8. The number of hydrogen-bond acceptors (Lipinski definition) is 3. The number of aromatic nitrogens is 2. The van der Waals surface area contributed by atoms with Crippen molar-refractivity contribution in [2.24, 2.45) is 5.92 Å². The molecule has 0 aromatic carbocycles. The molecule has 94 valence electrons. The van der Waals surface area contributed by atoms with E-state index in [0.29, 0.717) is 5.69 Å². The van der Waals surface area contributed by atoms with Gasteiger partial charge in [0.1, 0.15) is 5.69 Å². The first-order chi connectivity index (χ1) is 8.09. The smallest absolute Gasteiger partial charge is 0.271 e. The molecule has 0 aliphatic rings. The molecular weight excluding hydrogens is 214 g/mol. The maximum absolute atomic E-state index is 11.7. The Bertz CT molecular complexity index is 338. The molecule has 1 heterocycles. The van der Waals surface area contributed by atoms with Gasteiger partial charge in [-0.25, -0.2) is 4.98 Å². The first-order valence-electron chi connectivity index (χ1n) is 6.16. The monoisotopic (exact) mass is 235 g/mol. The van der Waals surface area contributed by atoms with E-state index in [2.05, 4.69) is 29.1 Å². The van der Waals surface area contributed by atoms with Gasteiger partial charge in [-0.1, -0.05) is 26.7 Å². The molecule has 1 aromatic heterocycles. The fourth-order valence-electron chi connectivity index (χ4n) is 1.62. The van der Waals surface area contributed by atoms with E-state index < -0.39 is 0 Å². The van der Waals surface area contributed by atoms with Crippen molar-refractivity contribution < 1.29 is 4.79 Å². The molecule has 1 unspecified atom stereocenters. The van der Waals surface area contributed by atoms with Gasteiger partial charge in [-0.05, 0) is 19.3 Å². The molecule has 4 heteroatoms. The van der Waals surface area contributed by atoms with Crippen LogP contribution in [0.15, 0.2) is 18.6 Å². The fourth-order valence-corrected chi connectivity index (χ4v) is 1.62. The third kappa shape index (κ3) is 5.43. The Morgan fingerprint density at radius 1 is 1.29 bits per heavy atom. The van der Waals surface area contributed by atoms with Gasteiger partial charge < -0.3 is 5.32 Å². The van der Waals surface area contributed by atoms with Crippen LogP contribution in [0.1, 0.15) is 50.5 Å². The summed E-state index contributed by atoms with van der Waals surface area (Å²) < 4.78 is 0. The van der Waals surface area contributed by atoms with E-state index in [1.54, 1.807) is 6.20 Å². The third-order valence-electron chi connectivity index (χ3n) is 2.59. The van der Waals surface area contributed by atoms with Gasteiger partial charge in [0, 0.05) is 18.4 Å². The van der Waals surface area contributed by atoms with E-state index in [1.165, 1.54) is 18.8 Å². The fraction of sp³-hybridized carbons (Fsp3) is 0.615. The number of rotatable bonds is 6. The molecule has 0 bridgehead atoms. The summed E-state index contributed by atoms with van der Waals surface area (Å²) in [6, 6.07) is 0.184. The molecule has 0 saturated heterocycles. The third-order valence-corrected chi connectivity index (χ3v) is 2.59. The topological polar surface area (TPSA) is 54.9 Å². The van der Waals surface area contributed by atoms with Crippen molar-refractivity contribution in [1.29, 1.82) is 0 Å². The van der Waals surface area contributed by atoms with Gasteiger partial charge in [-0.2, -0.15) is 0 Å². The summed E-state index contributed by atoms with van der Waals surface area (Å²) in [5.41, 5.74) is 0.378. The Balaban J connectivity index is 2.31. The minimum absolute atomic E-state index is 0.143. The molecule has 1 aromatic rings. The summed E-state index contributed by atoms with van der Waals surface area (Å²) in [6.45, 7) is 6.44. The molecule has 0 aliphatic heterocycles. The van der Waals surface area contributed by atoms with E-state index in [9.17, 15) is 4.79 Å². The first kappa shape index (κ1) is 13.6. The van der Waals surface area contributed by atoms with Gasteiger partial charge in [0.15, 0.2) is 0 Å². The summed E-state index contributed by atoms with van der Waals surface area (Å²) in [4.78, 5) is 19.6. The highest BCUT2D eigenvalue weighted by atomic mass is 16.1. The van der Waals surface area contributed by atoms with Gasteiger partial charge in [0.05, 0.1) is 6.20 Å². The van der Waals surface area contributed by atoms with Gasteiger partial charge in [-0.15, -0.1) is 0 Å². The predicted octanol–water partition coefficient (Wildman–Crippen LogP) is 2.42. The molecular formula is C13H21N3O. The van der Waals surface area contributed by atoms with Crippen LogP contribution in [0.5, 0.6) is 0 Å². The molecule has 4 nitrogen and oxygen atoms in total. The van der Waals surface area contributed by atoms with E-state index in [1.807, 2.05) is 6.92 Å². The lowest BCUT2D eigenvalue weighted by molar-refractivity contribution is 0.0932. The SMILES string of the molecule is CC(C)CCCC(C)NC(=O)c1cnccn1. The number of carbonyl (C=O) groups excluding carboxylic acids is 1. The van der Waals surface area contributed by atoms with Crippen molar-refractivity contribution >= 4 is 5.91 Å². The minimum Gasteiger partial charge on any atom is -0.348 e. The molecule has 1 N–H and O–H groups in total. The summed E-state index contributed by atoms with van der Waals surface area (Å²) in [5.74, 6) is 0.577. The summed E-state index contributed by atoms with van der Waals surface area (Å²) in [7, 11) is 0. The maximum Gasteiger partial charge on any atom is 0.271 e. The van der Waals surface area contributed by atoms with Crippen LogP contribution in [-0.4, -0.2) is 21.9 Å². The molecule has 1 amide bonds. The largest absolute Gasteiger partial charge is 0.348 e. The zero-order valence-electron chi connectivity index (χ0n) is 10.8.